The number of rotatable bonds is 8. The van der Waals surface area contributed by atoms with Crippen LogP contribution < -0.4 is 10.0 Å². The second-order valence-corrected chi connectivity index (χ2v) is 10.4. The molecule has 33 heavy (non-hydrogen) atoms. The van der Waals surface area contributed by atoms with Gasteiger partial charge in [0.25, 0.3) is 10.0 Å². The number of hydrogen-bond donors (Lipinski definition) is 2. The van der Waals surface area contributed by atoms with Crippen LogP contribution in [0.25, 0.3) is 0 Å². The molecular formula is C27H32N2O3S. The van der Waals surface area contributed by atoms with E-state index in [1.54, 1.807) is 36.4 Å². The zero-order chi connectivity index (χ0) is 24.2. The fraction of sp³-hybridized carbons (Fsp3) is 0.296. The molecule has 0 aliphatic heterocycles. The van der Waals surface area contributed by atoms with Gasteiger partial charge in [-0.2, -0.15) is 0 Å². The van der Waals surface area contributed by atoms with E-state index < -0.39 is 10.0 Å². The fourth-order valence-corrected chi connectivity index (χ4v) is 4.83. The van der Waals surface area contributed by atoms with Crippen LogP contribution in [0.3, 0.4) is 0 Å². The normalized spacial score (nSPS) is 12.3. The minimum absolute atomic E-state index is 0.0298. The van der Waals surface area contributed by atoms with E-state index >= 15 is 0 Å². The summed E-state index contributed by atoms with van der Waals surface area (Å²) >= 11 is 0. The third kappa shape index (κ3) is 6.45. The van der Waals surface area contributed by atoms with E-state index in [0.717, 1.165) is 16.7 Å². The minimum Gasteiger partial charge on any atom is -0.350 e. The Morgan fingerprint density at radius 3 is 2.09 bits per heavy atom. The van der Waals surface area contributed by atoms with E-state index in [4.69, 9.17) is 0 Å². The number of sulfonamides is 1. The molecule has 0 aliphatic rings. The van der Waals surface area contributed by atoms with Gasteiger partial charge >= 0.3 is 0 Å². The van der Waals surface area contributed by atoms with E-state index in [2.05, 4.69) is 42.9 Å². The van der Waals surface area contributed by atoms with E-state index in [1.807, 2.05) is 26.0 Å². The molecule has 174 valence electrons. The van der Waals surface area contributed by atoms with Gasteiger partial charge in [0.1, 0.15) is 0 Å². The summed E-state index contributed by atoms with van der Waals surface area (Å²) in [6, 6.07) is 18.1. The fourth-order valence-electron chi connectivity index (χ4n) is 3.77. The van der Waals surface area contributed by atoms with Gasteiger partial charge in [-0.1, -0.05) is 42.0 Å². The maximum atomic E-state index is 12.6. The summed E-state index contributed by atoms with van der Waals surface area (Å²) in [6.45, 7) is 10.2. The molecule has 1 amide bonds. The maximum absolute atomic E-state index is 12.6. The first kappa shape index (κ1) is 24.5. The van der Waals surface area contributed by atoms with Crippen molar-refractivity contribution in [3.63, 3.8) is 0 Å². The van der Waals surface area contributed by atoms with Crippen molar-refractivity contribution in [2.24, 2.45) is 0 Å². The summed E-state index contributed by atoms with van der Waals surface area (Å²) in [5.41, 5.74) is 7.25. The van der Waals surface area contributed by atoms with Crippen molar-refractivity contribution in [3.8, 4) is 0 Å². The number of benzene rings is 3. The van der Waals surface area contributed by atoms with Crippen molar-refractivity contribution >= 4 is 21.6 Å². The second kappa shape index (κ2) is 10.2. The number of amides is 1. The molecule has 3 rings (SSSR count). The summed E-state index contributed by atoms with van der Waals surface area (Å²) < 4.78 is 27.8. The second-order valence-electron chi connectivity index (χ2n) is 8.70. The number of hydrogen-bond acceptors (Lipinski definition) is 3. The lowest BCUT2D eigenvalue weighted by atomic mass is 9.96. The Labute approximate surface area is 197 Å². The Bertz CT molecular complexity index is 1230. The largest absolute Gasteiger partial charge is 0.350 e. The Morgan fingerprint density at radius 2 is 1.45 bits per heavy atom. The minimum atomic E-state index is -3.66. The summed E-state index contributed by atoms with van der Waals surface area (Å²) in [4.78, 5) is 12.7. The predicted octanol–water partition coefficient (Wildman–Crippen LogP) is 5.53. The lowest BCUT2D eigenvalue weighted by Crippen LogP contribution is -2.27. The van der Waals surface area contributed by atoms with Crippen LogP contribution in [-0.2, 0) is 21.2 Å². The highest BCUT2D eigenvalue weighted by atomic mass is 32.2. The highest BCUT2D eigenvalue weighted by Gasteiger charge is 2.15. The molecule has 3 aromatic rings. The van der Waals surface area contributed by atoms with Crippen molar-refractivity contribution in [1.82, 2.24) is 5.32 Å². The molecule has 1 unspecified atom stereocenters. The SMILES string of the molecule is Cc1ccc(NS(=O)(=O)c2ccc(CCC(=O)NC(C)c3cc(C)c(C)cc3C)cc2)cc1. The summed E-state index contributed by atoms with van der Waals surface area (Å²) in [5, 5.41) is 3.08. The van der Waals surface area contributed by atoms with E-state index in [1.165, 1.54) is 16.7 Å². The Hall–Kier alpha value is -3.12. The van der Waals surface area contributed by atoms with Crippen LogP contribution in [0.1, 0.15) is 52.8 Å². The van der Waals surface area contributed by atoms with Crippen LogP contribution in [0, 0.1) is 27.7 Å². The molecule has 0 bridgehead atoms. The van der Waals surface area contributed by atoms with Crippen LogP contribution in [0.5, 0.6) is 0 Å². The van der Waals surface area contributed by atoms with Crippen LogP contribution in [-0.4, -0.2) is 14.3 Å². The van der Waals surface area contributed by atoms with Gasteiger partial charge < -0.3 is 5.32 Å². The first-order valence-corrected chi connectivity index (χ1v) is 12.6. The molecule has 0 aliphatic carbocycles. The van der Waals surface area contributed by atoms with Crippen molar-refractivity contribution < 1.29 is 13.2 Å². The molecule has 0 fully saturated rings. The molecule has 0 spiro atoms. The predicted molar refractivity (Wildman–Crippen MR) is 134 cm³/mol. The average Bonchev–Trinajstić information content (AvgIpc) is 2.76. The number of aryl methyl sites for hydroxylation is 5. The molecule has 3 aromatic carbocycles. The maximum Gasteiger partial charge on any atom is 0.261 e. The molecule has 0 radical (unpaired) electrons. The van der Waals surface area contributed by atoms with Crippen molar-refractivity contribution in [3.05, 3.63) is 94.0 Å². The third-order valence-electron chi connectivity index (χ3n) is 5.90. The lowest BCUT2D eigenvalue weighted by Gasteiger charge is -2.18. The van der Waals surface area contributed by atoms with Crippen LogP contribution >= 0.6 is 0 Å². The molecule has 1 atom stereocenters. The molecular weight excluding hydrogens is 432 g/mol. The van der Waals surface area contributed by atoms with E-state index in [0.29, 0.717) is 18.5 Å². The van der Waals surface area contributed by atoms with Crippen LogP contribution in [0.2, 0.25) is 0 Å². The van der Waals surface area contributed by atoms with Gasteiger partial charge in [-0.05, 0) is 93.1 Å². The zero-order valence-corrected chi connectivity index (χ0v) is 20.7. The molecule has 5 nitrogen and oxygen atoms in total. The zero-order valence-electron chi connectivity index (χ0n) is 19.9. The molecule has 6 heteroatoms. The molecule has 0 saturated carbocycles. The number of carbonyl (C=O) groups excluding carboxylic acids is 1. The standard InChI is InChI=1S/C27H32N2O3S/c1-18-6-11-24(12-7-18)29-33(31,32)25-13-8-23(9-14-25)10-15-27(30)28-22(5)26-17-20(3)19(2)16-21(26)4/h6-9,11-14,16-17,22,29H,10,15H2,1-5H3,(H,28,30). The number of anilines is 1. The Balaban J connectivity index is 1.57. The van der Waals surface area contributed by atoms with Crippen LogP contribution in [0.15, 0.2) is 65.6 Å². The van der Waals surface area contributed by atoms with E-state index in [9.17, 15) is 13.2 Å². The smallest absolute Gasteiger partial charge is 0.261 e. The van der Waals surface area contributed by atoms with Crippen molar-refractivity contribution in [2.45, 2.75) is 58.4 Å². The first-order chi connectivity index (χ1) is 15.5. The van der Waals surface area contributed by atoms with Crippen molar-refractivity contribution in [2.75, 3.05) is 4.72 Å². The van der Waals surface area contributed by atoms with Gasteiger partial charge in [0, 0.05) is 12.1 Å². The van der Waals surface area contributed by atoms with Gasteiger partial charge in [-0.25, -0.2) is 8.42 Å². The van der Waals surface area contributed by atoms with Gasteiger partial charge in [0.05, 0.1) is 10.9 Å². The third-order valence-corrected chi connectivity index (χ3v) is 7.30. The molecule has 0 aromatic heterocycles. The van der Waals surface area contributed by atoms with Crippen LogP contribution in [0.4, 0.5) is 5.69 Å². The summed E-state index contributed by atoms with van der Waals surface area (Å²) in [7, 11) is -3.66. The highest BCUT2D eigenvalue weighted by Crippen LogP contribution is 2.22. The highest BCUT2D eigenvalue weighted by molar-refractivity contribution is 7.92. The Kier molecular flexibility index (Phi) is 7.59. The topological polar surface area (TPSA) is 75.3 Å². The Morgan fingerprint density at radius 1 is 0.848 bits per heavy atom. The average molecular weight is 465 g/mol. The van der Waals surface area contributed by atoms with Gasteiger partial charge in [-0.3, -0.25) is 9.52 Å². The van der Waals surface area contributed by atoms with Gasteiger partial charge in [-0.15, -0.1) is 0 Å². The summed E-state index contributed by atoms with van der Waals surface area (Å²) in [5.74, 6) is -0.0298. The van der Waals surface area contributed by atoms with Crippen molar-refractivity contribution in [1.29, 1.82) is 0 Å². The van der Waals surface area contributed by atoms with E-state index in [-0.39, 0.29) is 16.8 Å². The number of nitrogens with one attached hydrogen (secondary N) is 2. The quantitative estimate of drug-likeness (QED) is 0.460. The first-order valence-electron chi connectivity index (χ1n) is 11.1. The monoisotopic (exact) mass is 464 g/mol. The van der Waals surface area contributed by atoms with Gasteiger partial charge in [0.15, 0.2) is 0 Å². The molecule has 0 heterocycles. The lowest BCUT2D eigenvalue weighted by molar-refractivity contribution is -0.121. The molecule has 0 saturated heterocycles. The number of carbonyl (C=O) groups is 1. The van der Waals surface area contributed by atoms with Gasteiger partial charge in [0.2, 0.25) is 5.91 Å². The summed E-state index contributed by atoms with van der Waals surface area (Å²) in [6.07, 6.45) is 0.873. The molecule has 2 N–H and O–H groups in total.